The van der Waals surface area contributed by atoms with Gasteiger partial charge in [-0.25, -0.2) is 4.79 Å². The lowest BCUT2D eigenvalue weighted by molar-refractivity contribution is -0.125. The fourth-order valence-electron chi connectivity index (χ4n) is 3.53. The summed E-state index contributed by atoms with van der Waals surface area (Å²) in [5.74, 6) is -0.967. The van der Waals surface area contributed by atoms with Crippen molar-refractivity contribution >= 4 is 23.5 Å². The summed E-state index contributed by atoms with van der Waals surface area (Å²) in [5, 5.41) is 2.94. The molecule has 1 fully saturated rings. The third-order valence-electron chi connectivity index (χ3n) is 4.94. The Hall–Kier alpha value is -3.15. The van der Waals surface area contributed by atoms with E-state index in [1.54, 1.807) is 29.2 Å². The lowest BCUT2D eigenvalue weighted by Crippen LogP contribution is -2.33. The molecule has 1 N–H and O–H groups in total. The van der Waals surface area contributed by atoms with E-state index in [4.69, 9.17) is 4.74 Å². The summed E-state index contributed by atoms with van der Waals surface area (Å²) >= 11 is 0. The Labute approximate surface area is 170 Å². The van der Waals surface area contributed by atoms with Gasteiger partial charge in [-0.2, -0.15) is 0 Å². The number of para-hydroxylation sites is 1. The van der Waals surface area contributed by atoms with Crippen molar-refractivity contribution < 1.29 is 19.1 Å². The Kier molecular flexibility index (Phi) is 7.00. The first-order chi connectivity index (χ1) is 14.1. The van der Waals surface area contributed by atoms with Crippen LogP contribution in [0.1, 0.15) is 54.6 Å². The summed E-state index contributed by atoms with van der Waals surface area (Å²) in [6.45, 7) is 2.27. The van der Waals surface area contributed by atoms with Gasteiger partial charge in [0.25, 0.3) is 5.91 Å². The van der Waals surface area contributed by atoms with Crippen molar-refractivity contribution in [1.82, 2.24) is 5.32 Å². The molecule has 6 heteroatoms. The average molecular weight is 394 g/mol. The van der Waals surface area contributed by atoms with Gasteiger partial charge in [0.2, 0.25) is 5.91 Å². The van der Waals surface area contributed by atoms with E-state index in [-0.39, 0.29) is 24.5 Å². The molecule has 0 bridgehead atoms. The number of amides is 2. The normalized spacial score (nSPS) is 14.5. The first-order valence-electron chi connectivity index (χ1n) is 10.0. The monoisotopic (exact) mass is 394 g/mol. The van der Waals surface area contributed by atoms with Crippen molar-refractivity contribution in [3.8, 4) is 0 Å². The highest BCUT2D eigenvalue weighted by Crippen LogP contribution is 2.26. The molecule has 0 aliphatic carbocycles. The summed E-state index contributed by atoms with van der Waals surface area (Å²) in [6, 6.07) is 16.4. The number of nitrogens with one attached hydrogen (secondary N) is 1. The van der Waals surface area contributed by atoms with Crippen molar-refractivity contribution in [1.29, 1.82) is 0 Å². The van der Waals surface area contributed by atoms with Gasteiger partial charge in [-0.3, -0.25) is 9.59 Å². The van der Waals surface area contributed by atoms with Crippen LogP contribution in [-0.2, 0) is 14.3 Å². The predicted molar refractivity (Wildman–Crippen MR) is 111 cm³/mol. The van der Waals surface area contributed by atoms with Crippen molar-refractivity contribution in [2.45, 2.75) is 38.6 Å². The molecule has 1 aliphatic heterocycles. The SMILES string of the molecule is CCC[C@@H](NC(=O)COC(=O)c1ccccc1N1CCCC1=O)c1ccccc1. The van der Waals surface area contributed by atoms with E-state index in [1.807, 2.05) is 30.3 Å². The van der Waals surface area contributed by atoms with E-state index in [2.05, 4.69) is 12.2 Å². The maximum atomic E-state index is 12.6. The molecule has 0 aromatic heterocycles. The van der Waals surface area contributed by atoms with Gasteiger partial charge in [0.05, 0.1) is 17.3 Å². The molecule has 6 nitrogen and oxygen atoms in total. The van der Waals surface area contributed by atoms with Crippen LogP contribution in [0.5, 0.6) is 0 Å². The predicted octanol–water partition coefficient (Wildman–Crippen LogP) is 3.63. The van der Waals surface area contributed by atoms with Crippen LogP contribution < -0.4 is 10.2 Å². The van der Waals surface area contributed by atoms with E-state index in [1.165, 1.54) is 0 Å². The molecule has 1 aliphatic rings. The highest BCUT2D eigenvalue weighted by Gasteiger charge is 2.26. The molecule has 2 aromatic rings. The number of rotatable bonds is 8. The van der Waals surface area contributed by atoms with Crippen molar-refractivity contribution in [2.75, 3.05) is 18.1 Å². The third-order valence-corrected chi connectivity index (χ3v) is 4.94. The lowest BCUT2D eigenvalue weighted by Gasteiger charge is -2.20. The summed E-state index contributed by atoms with van der Waals surface area (Å²) < 4.78 is 5.25. The van der Waals surface area contributed by atoms with Crippen molar-refractivity contribution in [3.63, 3.8) is 0 Å². The Morgan fingerprint density at radius 1 is 1.10 bits per heavy atom. The van der Waals surface area contributed by atoms with Crippen LogP contribution in [-0.4, -0.2) is 30.9 Å². The second-order valence-corrected chi connectivity index (χ2v) is 7.06. The maximum Gasteiger partial charge on any atom is 0.340 e. The number of hydrogen-bond donors (Lipinski definition) is 1. The van der Waals surface area contributed by atoms with Crippen LogP contribution in [0.2, 0.25) is 0 Å². The highest BCUT2D eigenvalue weighted by molar-refractivity contribution is 6.03. The van der Waals surface area contributed by atoms with Crippen LogP contribution in [0, 0.1) is 0 Å². The number of carbonyl (C=O) groups is 3. The van der Waals surface area contributed by atoms with Gasteiger partial charge in [-0.1, -0.05) is 55.8 Å². The second kappa shape index (κ2) is 9.87. The Morgan fingerprint density at radius 2 is 1.83 bits per heavy atom. The summed E-state index contributed by atoms with van der Waals surface area (Å²) in [4.78, 5) is 38.6. The molecule has 0 spiro atoms. The molecule has 2 aromatic carbocycles. The number of hydrogen-bond acceptors (Lipinski definition) is 4. The molecule has 1 saturated heterocycles. The topological polar surface area (TPSA) is 75.7 Å². The van der Waals surface area contributed by atoms with E-state index in [0.29, 0.717) is 24.2 Å². The molecule has 29 heavy (non-hydrogen) atoms. The molecular formula is C23H26N2O4. The minimum atomic E-state index is -0.609. The smallest absolute Gasteiger partial charge is 0.340 e. The van der Waals surface area contributed by atoms with Crippen molar-refractivity contribution in [2.24, 2.45) is 0 Å². The molecule has 0 saturated carbocycles. The number of anilines is 1. The number of ether oxygens (including phenoxy) is 1. The Morgan fingerprint density at radius 3 is 2.52 bits per heavy atom. The minimum Gasteiger partial charge on any atom is -0.452 e. The van der Waals surface area contributed by atoms with E-state index >= 15 is 0 Å². The second-order valence-electron chi connectivity index (χ2n) is 7.06. The van der Waals surface area contributed by atoms with Gasteiger partial charge in [-0.15, -0.1) is 0 Å². The maximum absolute atomic E-state index is 12.6. The zero-order valence-electron chi connectivity index (χ0n) is 16.6. The Balaban J connectivity index is 1.62. The van der Waals surface area contributed by atoms with Crippen LogP contribution >= 0.6 is 0 Å². The van der Waals surface area contributed by atoms with Gasteiger partial charge in [0, 0.05) is 13.0 Å². The number of carbonyl (C=O) groups excluding carboxylic acids is 3. The molecular weight excluding hydrogens is 368 g/mol. The zero-order chi connectivity index (χ0) is 20.6. The molecule has 152 valence electrons. The standard InChI is InChI=1S/C23H26N2O4/c1-2-9-19(17-10-4-3-5-11-17)24-21(26)16-29-23(28)18-12-6-7-13-20(18)25-15-8-14-22(25)27/h3-7,10-13,19H,2,8-9,14-16H2,1H3,(H,24,26)/t19-/m1/s1. The average Bonchev–Trinajstić information content (AvgIpc) is 3.18. The van der Waals surface area contributed by atoms with Gasteiger partial charge >= 0.3 is 5.97 Å². The van der Waals surface area contributed by atoms with Crippen LogP contribution in [0.4, 0.5) is 5.69 Å². The first kappa shape index (κ1) is 20.6. The van der Waals surface area contributed by atoms with Gasteiger partial charge < -0.3 is 15.0 Å². The van der Waals surface area contributed by atoms with Gasteiger partial charge in [0.15, 0.2) is 6.61 Å². The first-order valence-corrected chi connectivity index (χ1v) is 10.0. The van der Waals surface area contributed by atoms with Crippen molar-refractivity contribution in [3.05, 3.63) is 65.7 Å². The quantitative estimate of drug-likeness (QED) is 0.694. The van der Waals surface area contributed by atoms with E-state index in [0.717, 1.165) is 24.8 Å². The number of benzene rings is 2. The largest absolute Gasteiger partial charge is 0.452 e. The van der Waals surface area contributed by atoms with Gasteiger partial charge in [0.1, 0.15) is 0 Å². The lowest BCUT2D eigenvalue weighted by atomic mass is 10.0. The molecule has 1 atom stereocenters. The third kappa shape index (κ3) is 5.22. The fraction of sp³-hybridized carbons (Fsp3) is 0.348. The zero-order valence-corrected chi connectivity index (χ0v) is 16.6. The van der Waals surface area contributed by atoms with Crippen LogP contribution in [0.3, 0.4) is 0 Å². The molecule has 3 rings (SSSR count). The summed E-state index contributed by atoms with van der Waals surface area (Å²) in [7, 11) is 0. The molecule has 2 amide bonds. The van der Waals surface area contributed by atoms with Gasteiger partial charge in [-0.05, 0) is 30.5 Å². The fourth-order valence-corrected chi connectivity index (χ4v) is 3.53. The van der Waals surface area contributed by atoms with E-state index in [9.17, 15) is 14.4 Å². The van der Waals surface area contributed by atoms with Crippen LogP contribution in [0.15, 0.2) is 54.6 Å². The molecule has 0 unspecified atom stereocenters. The minimum absolute atomic E-state index is 0.00624. The Bertz CT molecular complexity index is 866. The van der Waals surface area contributed by atoms with E-state index < -0.39 is 5.97 Å². The molecule has 0 radical (unpaired) electrons. The summed E-state index contributed by atoms with van der Waals surface area (Å²) in [6.07, 6.45) is 2.95. The van der Waals surface area contributed by atoms with Crippen LogP contribution in [0.25, 0.3) is 0 Å². The molecule has 1 heterocycles. The summed E-state index contributed by atoms with van der Waals surface area (Å²) in [5.41, 5.74) is 1.85. The number of esters is 1. The number of nitrogens with zero attached hydrogens (tertiary/aromatic N) is 1. The highest BCUT2D eigenvalue weighted by atomic mass is 16.5.